The highest BCUT2D eigenvalue weighted by Crippen LogP contribution is 2.47. The van der Waals surface area contributed by atoms with Gasteiger partial charge >= 0.3 is 0 Å². The van der Waals surface area contributed by atoms with Crippen molar-refractivity contribution in [2.45, 2.75) is 0 Å². The summed E-state index contributed by atoms with van der Waals surface area (Å²) in [4.78, 5) is 2.46. The number of para-hydroxylation sites is 3. The minimum Gasteiger partial charge on any atom is -0.309 e. The van der Waals surface area contributed by atoms with E-state index in [-0.39, 0.29) is 0 Å². The van der Waals surface area contributed by atoms with E-state index in [1.165, 1.54) is 63.9 Å². The average molecular weight is 643 g/mol. The summed E-state index contributed by atoms with van der Waals surface area (Å²) >= 11 is 1.88. The summed E-state index contributed by atoms with van der Waals surface area (Å²) in [6.07, 6.45) is 0. The summed E-state index contributed by atoms with van der Waals surface area (Å²) in [6.45, 7) is 0. The predicted molar refractivity (Wildman–Crippen MR) is 211 cm³/mol. The Morgan fingerprint density at radius 2 is 0.980 bits per heavy atom. The quantitative estimate of drug-likeness (QED) is 0.181. The van der Waals surface area contributed by atoms with Crippen LogP contribution in [0.25, 0.3) is 69.6 Å². The Morgan fingerprint density at radius 1 is 0.408 bits per heavy atom. The lowest BCUT2D eigenvalue weighted by molar-refractivity contribution is 1.17. The highest BCUT2D eigenvalue weighted by atomic mass is 32.1. The van der Waals surface area contributed by atoms with E-state index in [0.717, 1.165) is 22.7 Å². The van der Waals surface area contributed by atoms with Gasteiger partial charge in [-0.05, 0) is 53.9 Å². The van der Waals surface area contributed by atoms with Crippen LogP contribution in [0.15, 0.2) is 182 Å². The van der Waals surface area contributed by atoms with Crippen LogP contribution in [0, 0.1) is 0 Å². The monoisotopic (exact) mass is 642 g/mol. The minimum atomic E-state index is 1.10. The Bertz CT molecular complexity index is 2800. The van der Waals surface area contributed by atoms with Gasteiger partial charge in [-0.1, -0.05) is 133 Å². The molecular weight excluding hydrogens is 613 g/mol. The molecule has 2 aromatic heterocycles. The lowest BCUT2D eigenvalue weighted by Crippen LogP contribution is -2.12. The van der Waals surface area contributed by atoms with E-state index in [9.17, 15) is 0 Å². The van der Waals surface area contributed by atoms with Crippen LogP contribution in [0.1, 0.15) is 0 Å². The van der Waals surface area contributed by atoms with Crippen LogP contribution in [0.3, 0.4) is 0 Å². The van der Waals surface area contributed by atoms with E-state index < -0.39 is 0 Å². The van der Waals surface area contributed by atoms with Crippen molar-refractivity contribution in [2.75, 3.05) is 4.90 Å². The van der Waals surface area contributed by atoms with Crippen molar-refractivity contribution in [1.82, 2.24) is 4.57 Å². The number of benzene rings is 8. The van der Waals surface area contributed by atoms with Crippen LogP contribution in [-0.2, 0) is 0 Å². The van der Waals surface area contributed by atoms with Gasteiger partial charge in [-0.15, -0.1) is 11.3 Å². The van der Waals surface area contributed by atoms with Gasteiger partial charge in [0.05, 0.1) is 22.4 Å². The molecule has 10 aromatic rings. The molecule has 8 aromatic carbocycles. The summed E-state index contributed by atoms with van der Waals surface area (Å²) in [5.41, 5.74) is 9.38. The van der Waals surface area contributed by atoms with E-state index in [0.29, 0.717) is 0 Å². The van der Waals surface area contributed by atoms with Gasteiger partial charge in [0.2, 0.25) is 0 Å². The molecule has 230 valence electrons. The van der Waals surface area contributed by atoms with Crippen LogP contribution < -0.4 is 4.90 Å². The first kappa shape index (κ1) is 27.9. The first-order chi connectivity index (χ1) is 24.3. The summed E-state index contributed by atoms with van der Waals surface area (Å²) in [5, 5.41) is 7.56. The molecular formula is C46H30N2S. The van der Waals surface area contributed by atoms with E-state index in [1.807, 2.05) is 11.3 Å². The van der Waals surface area contributed by atoms with Crippen molar-refractivity contribution in [1.29, 1.82) is 0 Å². The zero-order valence-corrected chi connectivity index (χ0v) is 27.4. The van der Waals surface area contributed by atoms with Crippen LogP contribution in [0.5, 0.6) is 0 Å². The molecule has 2 nitrogen and oxygen atoms in total. The highest BCUT2D eigenvalue weighted by molar-refractivity contribution is 7.26. The Kier molecular flexibility index (Phi) is 6.39. The molecule has 49 heavy (non-hydrogen) atoms. The lowest BCUT2D eigenvalue weighted by atomic mass is 9.99. The molecule has 0 unspecified atom stereocenters. The SMILES string of the molecule is c1cc(N(c2ccccc2-c2cccc3c2sc2ccccc23)c2cccc3ccccc23)cc(-n2c3ccccc3c3ccccc32)c1. The number of thiophene rings is 1. The fourth-order valence-corrected chi connectivity index (χ4v) is 8.87. The third kappa shape index (κ3) is 4.40. The smallest absolute Gasteiger partial charge is 0.0541 e. The second-order valence-corrected chi connectivity index (χ2v) is 13.6. The van der Waals surface area contributed by atoms with Crippen LogP contribution >= 0.6 is 11.3 Å². The molecule has 0 aliphatic rings. The Morgan fingerprint density at radius 3 is 1.82 bits per heavy atom. The molecule has 0 radical (unpaired) electrons. The highest BCUT2D eigenvalue weighted by Gasteiger charge is 2.22. The van der Waals surface area contributed by atoms with E-state index in [2.05, 4.69) is 191 Å². The minimum absolute atomic E-state index is 1.10. The van der Waals surface area contributed by atoms with Crippen molar-refractivity contribution in [3.05, 3.63) is 182 Å². The van der Waals surface area contributed by atoms with Gasteiger partial charge in [0.15, 0.2) is 0 Å². The molecule has 0 spiro atoms. The normalized spacial score (nSPS) is 11.7. The predicted octanol–water partition coefficient (Wildman–Crippen LogP) is 13.4. The van der Waals surface area contributed by atoms with Gasteiger partial charge in [-0.2, -0.15) is 0 Å². The standard InChI is InChI=1S/C46H30N2S/c1-2-18-34-31(14-1)15-11-28-41(34)47(32-16-12-17-33(30-32)48-42-25-7-3-19-35(42)36-20-4-8-26-43(36)48)44-27-9-5-21-37(44)39-23-13-24-40-38-22-6-10-29-45(38)49-46(39)40/h1-30H. The maximum Gasteiger partial charge on any atom is 0.0541 e. The van der Waals surface area contributed by atoms with Crippen LogP contribution in [0.2, 0.25) is 0 Å². The van der Waals surface area contributed by atoms with Crippen LogP contribution in [0.4, 0.5) is 17.1 Å². The van der Waals surface area contributed by atoms with E-state index in [4.69, 9.17) is 0 Å². The fourth-order valence-electron chi connectivity index (χ4n) is 7.64. The zero-order valence-electron chi connectivity index (χ0n) is 26.6. The molecule has 0 fully saturated rings. The molecule has 10 rings (SSSR count). The maximum absolute atomic E-state index is 2.46. The molecule has 0 saturated heterocycles. The van der Waals surface area contributed by atoms with Crippen molar-refractivity contribution >= 4 is 81.1 Å². The molecule has 0 atom stereocenters. The first-order valence-electron chi connectivity index (χ1n) is 16.7. The fraction of sp³-hybridized carbons (Fsp3) is 0. The number of anilines is 3. The number of rotatable bonds is 5. The second kappa shape index (κ2) is 11.2. The van der Waals surface area contributed by atoms with E-state index >= 15 is 0 Å². The number of aromatic nitrogens is 1. The molecule has 0 aliphatic carbocycles. The second-order valence-electron chi connectivity index (χ2n) is 12.5. The molecule has 0 amide bonds. The Balaban J connectivity index is 1.25. The molecule has 0 saturated carbocycles. The largest absolute Gasteiger partial charge is 0.309 e. The summed E-state index contributed by atoms with van der Waals surface area (Å²) in [5.74, 6) is 0. The average Bonchev–Trinajstić information content (AvgIpc) is 3.72. The van der Waals surface area contributed by atoms with Crippen molar-refractivity contribution in [3.63, 3.8) is 0 Å². The number of hydrogen-bond donors (Lipinski definition) is 0. The van der Waals surface area contributed by atoms with Gasteiger partial charge < -0.3 is 9.47 Å². The van der Waals surface area contributed by atoms with Crippen molar-refractivity contribution in [2.24, 2.45) is 0 Å². The van der Waals surface area contributed by atoms with E-state index in [1.54, 1.807) is 0 Å². The summed E-state index contributed by atoms with van der Waals surface area (Å²) in [7, 11) is 0. The number of fused-ring (bicyclic) bond motifs is 7. The molecule has 0 aliphatic heterocycles. The third-order valence-electron chi connectivity index (χ3n) is 9.77. The Hall–Kier alpha value is -6.16. The number of nitrogens with zero attached hydrogens (tertiary/aromatic N) is 2. The topological polar surface area (TPSA) is 8.17 Å². The Labute approximate surface area is 288 Å². The van der Waals surface area contributed by atoms with Crippen molar-refractivity contribution < 1.29 is 0 Å². The van der Waals surface area contributed by atoms with Crippen LogP contribution in [-0.4, -0.2) is 4.57 Å². The summed E-state index contributed by atoms with van der Waals surface area (Å²) in [6, 6.07) is 66.2. The maximum atomic E-state index is 2.46. The van der Waals surface area contributed by atoms with Gasteiger partial charge in [0.1, 0.15) is 0 Å². The lowest BCUT2D eigenvalue weighted by Gasteiger charge is -2.29. The zero-order chi connectivity index (χ0) is 32.3. The number of hydrogen-bond acceptors (Lipinski definition) is 2. The summed E-state index contributed by atoms with van der Waals surface area (Å²) < 4.78 is 5.03. The van der Waals surface area contributed by atoms with Gasteiger partial charge in [0.25, 0.3) is 0 Å². The molecule has 2 heterocycles. The van der Waals surface area contributed by atoms with Gasteiger partial charge in [-0.3, -0.25) is 0 Å². The first-order valence-corrected chi connectivity index (χ1v) is 17.5. The van der Waals surface area contributed by atoms with Crippen molar-refractivity contribution in [3.8, 4) is 16.8 Å². The third-order valence-corrected chi connectivity index (χ3v) is 11.0. The van der Waals surface area contributed by atoms with Gasteiger partial charge in [0, 0.05) is 58.8 Å². The molecule has 0 bridgehead atoms. The molecule has 0 N–H and O–H groups in total. The molecule has 3 heteroatoms. The van der Waals surface area contributed by atoms with Gasteiger partial charge in [-0.25, -0.2) is 0 Å².